The molecule has 9 heteroatoms. The van der Waals surface area contributed by atoms with Gasteiger partial charge in [-0.05, 0) is 25.1 Å². The van der Waals surface area contributed by atoms with Crippen LogP contribution in [0, 0.1) is 6.92 Å². The van der Waals surface area contributed by atoms with Gasteiger partial charge in [0.2, 0.25) is 5.89 Å². The lowest BCUT2D eigenvalue weighted by atomic mass is 10.3. The molecule has 0 atom stereocenters. The van der Waals surface area contributed by atoms with Crippen molar-refractivity contribution in [2.24, 2.45) is 0 Å². The second-order valence-electron chi connectivity index (χ2n) is 5.86. The summed E-state index contributed by atoms with van der Waals surface area (Å²) in [4.78, 5) is 22.0. The van der Waals surface area contributed by atoms with Crippen molar-refractivity contribution in [3.8, 4) is 0 Å². The third-order valence-corrected chi connectivity index (χ3v) is 3.86. The highest BCUT2D eigenvalue weighted by atomic mass is 16.5. The number of nitrogens with zero attached hydrogens (tertiary/aromatic N) is 7. The molecule has 4 aromatic rings. The van der Waals surface area contributed by atoms with Crippen molar-refractivity contribution < 1.29 is 4.52 Å². The Kier molecular flexibility index (Phi) is 4.56. The Morgan fingerprint density at radius 3 is 2.74 bits per heavy atom. The average Bonchev–Trinajstić information content (AvgIpc) is 3.27. The molecule has 4 heterocycles. The Balaban J connectivity index is 1.72. The normalized spacial score (nSPS) is 11.5. The first kappa shape index (κ1) is 16.8. The molecule has 0 aliphatic carbocycles. The van der Waals surface area contributed by atoms with Crippen LogP contribution >= 0.6 is 0 Å². The molecule has 9 nitrogen and oxygen atoms in total. The first-order valence-electron chi connectivity index (χ1n) is 8.51. The molecule has 0 radical (unpaired) electrons. The summed E-state index contributed by atoms with van der Waals surface area (Å²) in [5.41, 5.74) is 1.71. The van der Waals surface area contributed by atoms with Crippen LogP contribution in [-0.2, 0) is 13.1 Å². The van der Waals surface area contributed by atoms with E-state index in [0.29, 0.717) is 42.3 Å². The molecule has 0 saturated heterocycles. The predicted molar refractivity (Wildman–Crippen MR) is 99.7 cm³/mol. The van der Waals surface area contributed by atoms with Gasteiger partial charge in [0.25, 0.3) is 0 Å². The highest BCUT2D eigenvalue weighted by Crippen LogP contribution is 2.23. The zero-order valence-corrected chi connectivity index (χ0v) is 15.0. The number of allylic oxidation sites excluding steroid dienone is 1. The largest absolute Gasteiger partial charge is 0.361 e. The summed E-state index contributed by atoms with van der Waals surface area (Å²) in [5, 5.41) is 7.21. The molecule has 0 fully saturated rings. The summed E-state index contributed by atoms with van der Waals surface area (Å²) in [6.45, 7) is 4.60. The van der Waals surface area contributed by atoms with E-state index < -0.39 is 0 Å². The van der Waals surface area contributed by atoms with Crippen molar-refractivity contribution in [1.29, 1.82) is 0 Å². The van der Waals surface area contributed by atoms with Gasteiger partial charge in [-0.2, -0.15) is 4.98 Å². The number of aromatic nitrogens is 7. The zero-order chi connectivity index (χ0) is 18.6. The van der Waals surface area contributed by atoms with Gasteiger partial charge < -0.3 is 14.4 Å². The molecule has 0 unspecified atom stereocenters. The average molecular weight is 362 g/mol. The zero-order valence-electron chi connectivity index (χ0n) is 15.0. The SMILES string of the molecule is CC=Cc1nc(NCc2noc(C)n2)c2c(ccn2Cc2ncccn2)n1. The van der Waals surface area contributed by atoms with E-state index in [-0.39, 0.29) is 0 Å². The van der Waals surface area contributed by atoms with Crippen molar-refractivity contribution >= 4 is 22.9 Å². The smallest absolute Gasteiger partial charge is 0.223 e. The Morgan fingerprint density at radius 1 is 1.15 bits per heavy atom. The molecule has 0 spiro atoms. The highest BCUT2D eigenvalue weighted by Gasteiger charge is 2.13. The molecule has 0 saturated carbocycles. The molecule has 0 aromatic carbocycles. The number of fused-ring (bicyclic) bond motifs is 1. The van der Waals surface area contributed by atoms with Crippen LogP contribution in [0.4, 0.5) is 5.82 Å². The summed E-state index contributed by atoms with van der Waals surface area (Å²) in [6, 6.07) is 3.75. The number of aryl methyl sites for hydroxylation is 1. The molecule has 0 aliphatic rings. The van der Waals surface area contributed by atoms with E-state index in [1.807, 2.05) is 35.9 Å². The predicted octanol–water partition coefficient (Wildman–Crippen LogP) is 2.61. The first-order chi connectivity index (χ1) is 13.2. The number of hydrogen-bond donors (Lipinski definition) is 1. The summed E-state index contributed by atoms with van der Waals surface area (Å²) < 4.78 is 7.05. The number of nitrogens with one attached hydrogen (secondary N) is 1. The van der Waals surface area contributed by atoms with E-state index in [0.717, 1.165) is 11.0 Å². The van der Waals surface area contributed by atoms with Gasteiger partial charge in [0.15, 0.2) is 17.5 Å². The summed E-state index contributed by atoms with van der Waals surface area (Å²) in [6.07, 6.45) is 9.18. The van der Waals surface area contributed by atoms with Crippen LogP contribution in [0.15, 0.2) is 41.3 Å². The molecule has 136 valence electrons. The fourth-order valence-electron chi connectivity index (χ4n) is 2.74. The van der Waals surface area contributed by atoms with Crippen LogP contribution in [0.25, 0.3) is 17.1 Å². The maximum absolute atomic E-state index is 5.02. The molecule has 0 aliphatic heterocycles. The molecular formula is C18H18N8O. The number of rotatable bonds is 6. The molecular weight excluding hydrogens is 344 g/mol. The lowest BCUT2D eigenvalue weighted by molar-refractivity contribution is 0.388. The van der Waals surface area contributed by atoms with Gasteiger partial charge in [-0.3, -0.25) is 0 Å². The monoisotopic (exact) mass is 362 g/mol. The Hall–Kier alpha value is -3.62. The topological polar surface area (TPSA) is 107 Å². The van der Waals surface area contributed by atoms with Crippen LogP contribution in [0.3, 0.4) is 0 Å². The van der Waals surface area contributed by atoms with Gasteiger partial charge >= 0.3 is 0 Å². The van der Waals surface area contributed by atoms with Gasteiger partial charge in [-0.25, -0.2) is 19.9 Å². The van der Waals surface area contributed by atoms with Gasteiger partial charge in [0, 0.05) is 25.5 Å². The van der Waals surface area contributed by atoms with Crippen LogP contribution in [0.5, 0.6) is 0 Å². The van der Waals surface area contributed by atoms with Crippen LogP contribution in [0.1, 0.15) is 30.3 Å². The van der Waals surface area contributed by atoms with Crippen LogP contribution in [0.2, 0.25) is 0 Å². The van der Waals surface area contributed by atoms with Crippen molar-refractivity contribution in [2.45, 2.75) is 26.9 Å². The molecule has 0 bridgehead atoms. The minimum absolute atomic E-state index is 0.395. The van der Waals surface area contributed by atoms with Crippen LogP contribution < -0.4 is 5.32 Å². The maximum atomic E-state index is 5.02. The fourth-order valence-corrected chi connectivity index (χ4v) is 2.74. The fraction of sp³-hybridized carbons (Fsp3) is 0.222. The van der Waals surface area contributed by atoms with Crippen molar-refractivity contribution in [3.63, 3.8) is 0 Å². The van der Waals surface area contributed by atoms with Gasteiger partial charge in [0.05, 0.1) is 18.6 Å². The van der Waals surface area contributed by atoms with E-state index in [1.54, 1.807) is 25.4 Å². The van der Waals surface area contributed by atoms with E-state index in [9.17, 15) is 0 Å². The maximum Gasteiger partial charge on any atom is 0.223 e. The minimum Gasteiger partial charge on any atom is -0.361 e. The minimum atomic E-state index is 0.395. The summed E-state index contributed by atoms with van der Waals surface area (Å²) in [5.74, 6) is 3.13. The molecule has 4 rings (SSSR count). The Bertz CT molecular complexity index is 1080. The third-order valence-electron chi connectivity index (χ3n) is 3.86. The standard InChI is InChI=1S/C18H18N8O/c1-3-5-14-23-13-6-9-26(11-16-19-7-4-8-20-16)17(13)18(24-14)21-10-15-22-12(2)27-25-15/h3-9H,10-11H2,1-2H3,(H,21,23,24). The van der Waals surface area contributed by atoms with Gasteiger partial charge in [-0.15, -0.1) is 0 Å². The Morgan fingerprint density at radius 2 is 2.00 bits per heavy atom. The third kappa shape index (κ3) is 3.66. The second kappa shape index (κ2) is 7.32. The van der Waals surface area contributed by atoms with Crippen molar-refractivity contribution in [2.75, 3.05) is 5.32 Å². The van der Waals surface area contributed by atoms with Gasteiger partial charge in [0.1, 0.15) is 11.3 Å². The molecule has 27 heavy (non-hydrogen) atoms. The molecule has 0 amide bonds. The highest BCUT2D eigenvalue weighted by molar-refractivity contribution is 5.87. The lowest BCUT2D eigenvalue weighted by Gasteiger charge is -2.10. The number of anilines is 1. The van der Waals surface area contributed by atoms with Crippen LogP contribution in [-0.4, -0.2) is 34.6 Å². The summed E-state index contributed by atoms with van der Waals surface area (Å²) in [7, 11) is 0. The molecule has 4 aromatic heterocycles. The Labute approximate surface area is 155 Å². The van der Waals surface area contributed by atoms with E-state index in [1.165, 1.54) is 0 Å². The van der Waals surface area contributed by atoms with Crippen molar-refractivity contribution in [1.82, 2.24) is 34.6 Å². The van der Waals surface area contributed by atoms with Gasteiger partial charge in [-0.1, -0.05) is 11.2 Å². The lowest BCUT2D eigenvalue weighted by Crippen LogP contribution is -2.09. The second-order valence-corrected chi connectivity index (χ2v) is 5.86. The van der Waals surface area contributed by atoms with Crippen molar-refractivity contribution in [3.05, 3.63) is 60.2 Å². The first-order valence-corrected chi connectivity index (χ1v) is 8.51. The van der Waals surface area contributed by atoms with E-state index in [4.69, 9.17) is 4.52 Å². The summed E-state index contributed by atoms with van der Waals surface area (Å²) >= 11 is 0. The van der Waals surface area contributed by atoms with E-state index >= 15 is 0 Å². The van der Waals surface area contributed by atoms with E-state index in [2.05, 4.69) is 35.4 Å². The quantitative estimate of drug-likeness (QED) is 0.558. The number of hydrogen-bond acceptors (Lipinski definition) is 8. The molecule has 1 N–H and O–H groups in total.